The lowest BCUT2D eigenvalue weighted by Crippen LogP contribution is -2.13. The topological polar surface area (TPSA) is 59.1 Å². The van der Waals surface area contributed by atoms with Crippen LogP contribution < -0.4 is 10.5 Å². The standard InChI is InChI=1S/C13H20N2O/c1-2-3-4-11-5-7-12(8-6-11)16-10-9-13(14)15/h5-8H,2-4,9-10H2,1H3,(H3,14,15). The molecule has 0 bridgehead atoms. The molecule has 0 aliphatic carbocycles. The minimum atomic E-state index is 0.166. The molecule has 0 unspecified atom stereocenters. The maximum atomic E-state index is 7.07. The predicted octanol–water partition coefficient (Wildman–Crippen LogP) is 2.73. The molecule has 0 radical (unpaired) electrons. The van der Waals surface area contributed by atoms with E-state index in [9.17, 15) is 0 Å². The summed E-state index contributed by atoms with van der Waals surface area (Å²) >= 11 is 0. The Morgan fingerprint density at radius 3 is 2.56 bits per heavy atom. The van der Waals surface area contributed by atoms with Gasteiger partial charge >= 0.3 is 0 Å². The van der Waals surface area contributed by atoms with Crippen molar-refractivity contribution in [3.05, 3.63) is 29.8 Å². The van der Waals surface area contributed by atoms with Crippen LogP contribution in [0.15, 0.2) is 24.3 Å². The van der Waals surface area contributed by atoms with Crippen molar-refractivity contribution in [3.63, 3.8) is 0 Å². The van der Waals surface area contributed by atoms with E-state index in [0.717, 1.165) is 12.2 Å². The molecular weight excluding hydrogens is 200 g/mol. The molecule has 88 valence electrons. The maximum Gasteiger partial charge on any atom is 0.119 e. The number of nitrogens with one attached hydrogen (secondary N) is 1. The highest BCUT2D eigenvalue weighted by Gasteiger charge is 1.96. The van der Waals surface area contributed by atoms with Crippen molar-refractivity contribution < 1.29 is 4.74 Å². The Balaban J connectivity index is 2.36. The molecule has 0 fully saturated rings. The van der Waals surface area contributed by atoms with E-state index in [2.05, 4.69) is 19.1 Å². The van der Waals surface area contributed by atoms with E-state index in [1.807, 2.05) is 12.1 Å². The Labute approximate surface area is 97.1 Å². The number of rotatable bonds is 7. The second-order valence-electron chi connectivity index (χ2n) is 3.87. The first-order valence-corrected chi connectivity index (χ1v) is 5.77. The largest absolute Gasteiger partial charge is 0.493 e. The van der Waals surface area contributed by atoms with E-state index < -0.39 is 0 Å². The van der Waals surface area contributed by atoms with Crippen LogP contribution in [0, 0.1) is 5.41 Å². The molecule has 0 atom stereocenters. The van der Waals surface area contributed by atoms with E-state index in [4.69, 9.17) is 15.9 Å². The molecule has 0 aliphatic heterocycles. The van der Waals surface area contributed by atoms with Crippen LogP contribution in [0.25, 0.3) is 0 Å². The predicted molar refractivity (Wildman–Crippen MR) is 67.1 cm³/mol. The zero-order valence-corrected chi connectivity index (χ0v) is 9.83. The molecule has 1 aromatic rings. The summed E-state index contributed by atoms with van der Waals surface area (Å²) in [5.74, 6) is 1.01. The summed E-state index contributed by atoms with van der Waals surface area (Å²) in [6.45, 7) is 2.67. The van der Waals surface area contributed by atoms with Crippen LogP contribution in [0.2, 0.25) is 0 Å². The van der Waals surface area contributed by atoms with Crippen molar-refractivity contribution in [2.45, 2.75) is 32.6 Å². The second kappa shape index (κ2) is 6.88. The molecule has 3 nitrogen and oxygen atoms in total. The van der Waals surface area contributed by atoms with Gasteiger partial charge in [-0.1, -0.05) is 25.5 Å². The fraction of sp³-hybridized carbons (Fsp3) is 0.462. The number of hydrogen-bond donors (Lipinski definition) is 2. The summed E-state index contributed by atoms with van der Waals surface area (Å²) in [4.78, 5) is 0. The van der Waals surface area contributed by atoms with Crippen LogP contribution in [0.4, 0.5) is 0 Å². The van der Waals surface area contributed by atoms with E-state index in [1.54, 1.807) is 0 Å². The number of nitrogens with two attached hydrogens (primary N) is 1. The normalized spacial score (nSPS) is 10.1. The lowest BCUT2D eigenvalue weighted by molar-refractivity contribution is 0.328. The number of hydrogen-bond acceptors (Lipinski definition) is 2. The Morgan fingerprint density at radius 1 is 1.31 bits per heavy atom. The summed E-state index contributed by atoms with van der Waals surface area (Å²) in [7, 11) is 0. The summed E-state index contributed by atoms with van der Waals surface area (Å²) in [5.41, 5.74) is 6.59. The molecule has 16 heavy (non-hydrogen) atoms. The minimum Gasteiger partial charge on any atom is -0.493 e. The summed E-state index contributed by atoms with van der Waals surface area (Å²) in [6.07, 6.45) is 4.06. The Bertz CT molecular complexity index is 319. The van der Waals surface area contributed by atoms with Gasteiger partial charge < -0.3 is 10.5 Å². The summed E-state index contributed by atoms with van der Waals surface area (Å²) < 4.78 is 5.46. The van der Waals surface area contributed by atoms with E-state index in [1.165, 1.54) is 18.4 Å². The number of amidine groups is 1. The molecule has 0 saturated heterocycles. The van der Waals surface area contributed by atoms with Crippen LogP contribution in [0.5, 0.6) is 5.75 Å². The third-order valence-corrected chi connectivity index (χ3v) is 2.38. The lowest BCUT2D eigenvalue weighted by atomic mass is 10.1. The average molecular weight is 220 g/mol. The third-order valence-electron chi connectivity index (χ3n) is 2.38. The van der Waals surface area contributed by atoms with E-state index in [-0.39, 0.29) is 5.84 Å². The molecule has 0 aromatic heterocycles. The van der Waals surface area contributed by atoms with Crippen LogP contribution in [-0.2, 0) is 6.42 Å². The van der Waals surface area contributed by atoms with Gasteiger partial charge in [-0.3, -0.25) is 5.41 Å². The van der Waals surface area contributed by atoms with Crippen molar-refractivity contribution >= 4 is 5.84 Å². The lowest BCUT2D eigenvalue weighted by Gasteiger charge is -2.06. The van der Waals surface area contributed by atoms with Crippen molar-refractivity contribution in [2.75, 3.05) is 6.61 Å². The molecular formula is C13H20N2O. The van der Waals surface area contributed by atoms with Crippen molar-refractivity contribution in [1.29, 1.82) is 5.41 Å². The van der Waals surface area contributed by atoms with Gasteiger partial charge in [0.25, 0.3) is 0 Å². The highest BCUT2D eigenvalue weighted by atomic mass is 16.5. The van der Waals surface area contributed by atoms with Gasteiger partial charge in [-0.05, 0) is 30.5 Å². The highest BCUT2D eigenvalue weighted by Crippen LogP contribution is 2.13. The Hall–Kier alpha value is -1.51. The van der Waals surface area contributed by atoms with Crippen molar-refractivity contribution in [2.24, 2.45) is 5.73 Å². The molecule has 0 amide bonds. The first-order valence-electron chi connectivity index (χ1n) is 5.77. The van der Waals surface area contributed by atoms with Gasteiger partial charge in [0, 0.05) is 6.42 Å². The quantitative estimate of drug-likeness (QED) is 0.548. The van der Waals surface area contributed by atoms with Gasteiger partial charge in [0.05, 0.1) is 12.4 Å². The average Bonchev–Trinajstić information content (AvgIpc) is 2.27. The number of ether oxygens (including phenoxy) is 1. The van der Waals surface area contributed by atoms with Gasteiger partial charge in [-0.2, -0.15) is 0 Å². The van der Waals surface area contributed by atoms with E-state index in [0.29, 0.717) is 13.0 Å². The minimum absolute atomic E-state index is 0.166. The smallest absolute Gasteiger partial charge is 0.119 e. The van der Waals surface area contributed by atoms with Crippen LogP contribution in [-0.4, -0.2) is 12.4 Å². The van der Waals surface area contributed by atoms with Crippen molar-refractivity contribution in [3.8, 4) is 5.75 Å². The van der Waals surface area contributed by atoms with Gasteiger partial charge in [-0.15, -0.1) is 0 Å². The maximum absolute atomic E-state index is 7.07. The SMILES string of the molecule is CCCCc1ccc(OCCC(=N)N)cc1. The van der Waals surface area contributed by atoms with Gasteiger partial charge in [-0.25, -0.2) is 0 Å². The number of aryl methyl sites for hydroxylation is 1. The zero-order chi connectivity index (χ0) is 11.8. The Morgan fingerprint density at radius 2 is 2.00 bits per heavy atom. The molecule has 3 N–H and O–H groups in total. The summed E-state index contributed by atoms with van der Waals surface area (Å²) in [5, 5.41) is 7.07. The summed E-state index contributed by atoms with van der Waals surface area (Å²) in [6, 6.07) is 8.15. The molecule has 0 aliphatic rings. The van der Waals surface area contributed by atoms with E-state index >= 15 is 0 Å². The van der Waals surface area contributed by atoms with Crippen LogP contribution in [0.3, 0.4) is 0 Å². The highest BCUT2D eigenvalue weighted by molar-refractivity contribution is 5.76. The van der Waals surface area contributed by atoms with Gasteiger partial charge in [0.15, 0.2) is 0 Å². The van der Waals surface area contributed by atoms with Gasteiger partial charge in [0.1, 0.15) is 5.75 Å². The van der Waals surface area contributed by atoms with Crippen LogP contribution in [0.1, 0.15) is 31.7 Å². The fourth-order valence-corrected chi connectivity index (χ4v) is 1.41. The molecule has 0 saturated carbocycles. The molecule has 1 rings (SSSR count). The zero-order valence-electron chi connectivity index (χ0n) is 9.83. The third kappa shape index (κ3) is 4.82. The monoisotopic (exact) mass is 220 g/mol. The first-order chi connectivity index (χ1) is 7.72. The number of benzene rings is 1. The molecule has 0 spiro atoms. The number of unbranched alkanes of at least 4 members (excludes halogenated alkanes) is 1. The molecule has 1 aromatic carbocycles. The second-order valence-corrected chi connectivity index (χ2v) is 3.87. The van der Waals surface area contributed by atoms with Crippen LogP contribution >= 0.6 is 0 Å². The van der Waals surface area contributed by atoms with Crippen molar-refractivity contribution in [1.82, 2.24) is 0 Å². The molecule has 0 heterocycles. The molecule has 3 heteroatoms. The van der Waals surface area contributed by atoms with Gasteiger partial charge in [0.2, 0.25) is 0 Å². The first kappa shape index (κ1) is 12.6. The Kier molecular flexibility index (Phi) is 5.40. The fourth-order valence-electron chi connectivity index (χ4n) is 1.41.